The largest absolute Gasteiger partial charge is 0.282 e. The minimum absolute atomic E-state index is 0.0326. The summed E-state index contributed by atoms with van der Waals surface area (Å²) in [6.07, 6.45) is -6.24. The maximum atomic E-state index is 13.4. The summed E-state index contributed by atoms with van der Waals surface area (Å²) in [6.45, 7) is 1.10. The van der Waals surface area contributed by atoms with Gasteiger partial charge in [-0.3, -0.25) is 4.79 Å². The lowest BCUT2D eigenvalue weighted by molar-refractivity contribution is -0.101. The van der Waals surface area contributed by atoms with Crippen LogP contribution in [0.4, 0.5) is 17.6 Å². The molecule has 1 aromatic rings. The highest BCUT2D eigenvalue weighted by Gasteiger charge is 2.43. The molecule has 0 aliphatic heterocycles. The Hall–Kier alpha value is -1.04. The fraction of sp³-hybridized carbons (Fsp3) is 0.500. The van der Waals surface area contributed by atoms with Crippen molar-refractivity contribution in [2.75, 3.05) is 5.75 Å². The first-order chi connectivity index (χ1) is 9.38. The molecule has 0 aliphatic carbocycles. The second kappa shape index (κ2) is 7.67. The first kappa shape index (κ1) is 17.0. The molecule has 0 spiro atoms. The van der Waals surface area contributed by atoms with Gasteiger partial charge in [-0.2, -0.15) is 0 Å². The smallest absolute Gasteiger partial charge is 0.281 e. The monoisotopic (exact) mass is 308 g/mol. The van der Waals surface area contributed by atoms with E-state index in [0.29, 0.717) is 5.56 Å². The van der Waals surface area contributed by atoms with E-state index in [1.54, 1.807) is 30.3 Å². The van der Waals surface area contributed by atoms with Crippen molar-refractivity contribution in [3.05, 3.63) is 35.9 Å². The second-order valence-electron chi connectivity index (χ2n) is 4.32. The number of carbonyl (C=O) groups excluding carboxylic acids is 1. The molecule has 1 nitrogen and oxygen atoms in total. The van der Waals surface area contributed by atoms with Crippen LogP contribution in [-0.2, 0) is 0 Å². The SMILES string of the molecule is CCC(F)(F)C(F)C(F)CCSC(=O)c1ccccc1. The predicted octanol–water partition coefficient (Wildman–Crippen LogP) is 4.67. The number of halogens is 4. The van der Waals surface area contributed by atoms with Gasteiger partial charge in [0.05, 0.1) is 0 Å². The lowest BCUT2D eigenvalue weighted by Gasteiger charge is -2.21. The minimum Gasteiger partial charge on any atom is -0.282 e. The Morgan fingerprint density at radius 3 is 2.40 bits per heavy atom. The van der Waals surface area contributed by atoms with Crippen molar-refractivity contribution < 1.29 is 22.4 Å². The first-order valence-corrected chi connectivity index (χ1v) is 7.25. The van der Waals surface area contributed by atoms with Crippen LogP contribution in [0, 0.1) is 0 Å². The Labute approximate surface area is 119 Å². The molecule has 0 radical (unpaired) electrons. The topological polar surface area (TPSA) is 17.1 Å². The average Bonchev–Trinajstić information content (AvgIpc) is 2.47. The van der Waals surface area contributed by atoms with E-state index in [-0.39, 0.29) is 10.9 Å². The third kappa shape index (κ3) is 4.81. The average molecular weight is 308 g/mol. The van der Waals surface area contributed by atoms with Crippen molar-refractivity contribution in [2.24, 2.45) is 0 Å². The molecule has 1 rings (SSSR count). The van der Waals surface area contributed by atoms with Crippen LogP contribution in [-0.4, -0.2) is 29.1 Å². The lowest BCUT2D eigenvalue weighted by Crippen LogP contribution is -2.37. The van der Waals surface area contributed by atoms with E-state index in [9.17, 15) is 22.4 Å². The van der Waals surface area contributed by atoms with Gasteiger partial charge in [0.1, 0.15) is 6.17 Å². The van der Waals surface area contributed by atoms with Crippen LogP contribution in [0.5, 0.6) is 0 Å². The molecule has 1 aromatic carbocycles. The first-order valence-electron chi connectivity index (χ1n) is 6.26. The van der Waals surface area contributed by atoms with E-state index >= 15 is 0 Å². The number of carbonyl (C=O) groups is 1. The predicted molar refractivity (Wildman–Crippen MR) is 72.9 cm³/mol. The standard InChI is InChI=1S/C14H16F4OS/c1-2-14(17,18)12(16)11(15)8-9-20-13(19)10-6-4-3-5-7-10/h3-7,11-12H,2,8-9H2,1H3. The highest BCUT2D eigenvalue weighted by atomic mass is 32.2. The third-order valence-electron chi connectivity index (χ3n) is 2.83. The van der Waals surface area contributed by atoms with E-state index in [4.69, 9.17) is 0 Å². The molecular weight excluding hydrogens is 292 g/mol. The summed E-state index contributed by atoms with van der Waals surface area (Å²) in [5.41, 5.74) is 0.448. The van der Waals surface area contributed by atoms with Crippen LogP contribution >= 0.6 is 11.8 Å². The molecule has 112 valence electrons. The maximum Gasteiger partial charge on any atom is 0.281 e. The highest BCUT2D eigenvalue weighted by molar-refractivity contribution is 8.14. The number of alkyl halides is 4. The molecule has 2 atom stereocenters. The van der Waals surface area contributed by atoms with E-state index in [2.05, 4.69) is 0 Å². The van der Waals surface area contributed by atoms with Crippen molar-refractivity contribution in [2.45, 2.75) is 38.0 Å². The summed E-state index contributed by atoms with van der Waals surface area (Å²) in [5, 5.41) is -0.282. The van der Waals surface area contributed by atoms with Crippen molar-refractivity contribution >= 4 is 16.9 Å². The maximum absolute atomic E-state index is 13.4. The molecule has 0 N–H and O–H groups in total. The van der Waals surface area contributed by atoms with Gasteiger partial charge in [-0.05, 0) is 6.42 Å². The third-order valence-corrected chi connectivity index (χ3v) is 3.77. The Morgan fingerprint density at radius 2 is 1.85 bits per heavy atom. The second-order valence-corrected chi connectivity index (χ2v) is 5.39. The van der Waals surface area contributed by atoms with Gasteiger partial charge >= 0.3 is 0 Å². The summed E-state index contributed by atoms with van der Waals surface area (Å²) in [5.74, 6) is -3.69. The number of benzene rings is 1. The molecule has 0 saturated heterocycles. The van der Waals surface area contributed by atoms with Crippen LogP contribution in [0.15, 0.2) is 30.3 Å². The highest BCUT2D eigenvalue weighted by Crippen LogP contribution is 2.30. The zero-order chi connectivity index (χ0) is 15.2. The van der Waals surface area contributed by atoms with Gasteiger partial charge in [-0.15, -0.1) is 0 Å². The molecule has 0 bridgehead atoms. The summed E-state index contributed by atoms with van der Waals surface area (Å²) in [6, 6.07) is 8.33. The lowest BCUT2D eigenvalue weighted by atomic mass is 10.1. The number of thioether (sulfide) groups is 1. The Morgan fingerprint density at radius 1 is 1.25 bits per heavy atom. The van der Waals surface area contributed by atoms with Crippen LogP contribution in [0.1, 0.15) is 30.1 Å². The molecule has 2 unspecified atom stereocenters. The van der Waals surface area contributed by atoms with E-state index in [1.807, 2.05) is 0 Å². The van der Waals surface area contributed by atoms with Crippen LogP contribution in [0.25, 0.3) is 0 Å². The van der Waals surface area contributed by atoms with Gasteiger partial charge in [0.2, 0.25) is 5.12 Å². The molecule has 0 saturated carbocycles. The van der Waals surface area contributed by atoms with Crippen LogP contribution in [0.3, 0.4) is 0 Å². The van der Waals surface area contributed by atoms with Gasteiger partial charge in [0, 0.05) is 17.7 Å². The molecule has 0 aromatic heterocycles. The summed E-state index contributed by atoms with van der Waals surface area (Å²) in [7, 11) is 0. The number of rotatable bonds is 7. The van der Waals surface area contributed by atoms with Gasteiger partial charge < -0.3 is 0 Å². The van der Waals surface area contributed by atoms with Crippen molar-refractivity contribution in [1.29, 1.82) is 0 Å². The van der Waals surface area contributed by atoms with Gasteiger partial charge in [-0.1, -0.05) is 49.0 Å². The van der Waals surface area contributed by atoms with Crippen molar-refractivity contribution in [3.8, 4) is 0 Å². The Balaban J connectivity index is 2.39. The van der Waals surface area contributed by atoms with Crippen LogP contribution < -0.4 is 0 Å². The van der Waals surface area contributed by atoms with Gasteiger partial charge in [0.15, 0.2) is 6.17 Å². The van der Waals surface area contributed by atoms with Gasteiger partial charge in [0.25, 0.3) is 5.92 Å². The molecule has 20 heavy (non-hydrogen) atoms. The van der Waals surface area contributed by atoms with Crippen molar-refractivity contribution in [3.63, 3.8) is 0 Å². The minimum atomic E-state index is -3.66. The zero-order valence-corrected chi connectivity index (χ0v) is 11.8. The van der Waals surface area contributed by atoms with E-state index in [1.165, 1.54) is 0 Å². The zero-order valence-electron chi connectivity index (χ0n) is 11.0. The Kier molecular flexibility index (Phi) is 6.52. The summed E-state index contributed by atoms with van der Waals surface area (Å²) in [4.78, 5) is 11.6. The van der Waals surface area contributed by atoms with E-state index in [0.717, 1.165) is 18.7 Å². The number of hydrogen-bond acceptors (Lipinski definition) is 2. The molecular formula is C14H16F4OS. The fourth-order valence-corrected chi connectivity index (χ4v) is 2.36. The number of hydrogen-bond donors (Lipinski definition) is 0. The summed E-state index contributed by atoms with van der Waals surface area (Å²) < 4.78 is 52.5. The quantitative estimate of drug-likeness (QED) is 0.681. The molecule has 0 heterocycles. The van der Waals surface area contributed by atoms with Gasteiger partial charge in [-0.25, -0.2) is 17.6 Å². The van der Waals surface area contributed by atoms with Crippen LogP contribution in [0.2, 0.25) is 0 Å². The molecule has 0 aliphatic rings. The molecule has 0 amide bonds. The molecule has 0 fully saturated rings. The van der Waals surface area contributed by atoms with E-state index < -0.39 is 31.1 Å². The van der Waals surface area contributed by atoms with Crippen molar-refractivity contribution in [1.82, 2.24) is 0 Å². The molecule has 6 heteroatoms. The normalized spacial score (nSPS) is 14.8. The summed E-state index contributed by atoms with van der Waals surface area (Å²) >= 11 is 0.803. The Bertz CT molecular complexity index is 424. The fourth-order valence-electron chi connectivity index (χ4n) is 1.53.